The van der Waals surface area contributed by atoms with Crippen LogP contribution < -0.4 is 5.32 Å². The van der Waals surface area contributed by atoms with Crippen LogP contribution in [0.3, 0.4) is 0 Å². The molecule has 6 atom stereocenters. The zero-order valence-corrected chi connectivity index (χ0v) is 22.7. The topological polar surface area (TPSA) is 82.0 Å². The summed E-state index contributed by atoms with van der Waals surface area (Å²) in [5.74, 6) is 0.801. The molecule has 0 spiro atoms. The summed E-state index contributed by atoms with van der Waals surface area (Å²) >= 11 is 0. The minimum Gasteiger partial charge on any atom is -0.393 e. The predicted octanol–water partition coefficient (Wildman–Crippen LogP) is 5.53. The standard InChI is InChI=1S/C31H44N2O4/c1-29-15-12-24(34)20-22(29)10-11-25-26(29)13-16-30(2)27(25)14-17-31(30,36)21-33(18-7-19-37-3)28(35)32-23-8-5-4-6-9-23/h4-6,8-11,24,26-27,34,36H,7,12-21H2,1-3H3,(H,32,35). The van der Waals surface area contributed by atoms with Crippen LogP contribution in [-0.2, 0) is 4.74 Å². The number of amides is 2. The highest BCUT2D eigenvalue weighted by atomic mass is 16.5. The first kappa shape index (κ1) is 26.5. The van der Waals surface area contributed by atoms with Gasteiger partial charge in [0.2, 0.25) is 0 Å². The van der Waals surface area contributed by atoms with Gasteiger partial charge in [0.25, 0.3) is 0 Å². The molecule has 6 nitrogen and oxygen atoms in total. The first-order valence-corrected chi connectivity index (χ1v) is 14.1. The Hall–Kier alpha value is -2.15. The number of fused-ring (bicyclic) bond motifs is 5. The average molecular weight is 509 g/mol. The van der Waals surface area contributed by atoms with E-state index in [1.165, 1.54) is 11.1 Å². The van der Waals surface area contributed by atoms with Gasteiger partial charge in [-0.25, -0.2) is 4.79 Å². The Balaban J connectivity index is 1.38. The lowest BCUT2D eigenvalue weighted by atomic mass is 9.50. The lowest BCUT2D eigenvalue weighted by molar-refractivity contribution is -0.0962. The van der Waals surface area contributed by atoms with Crippen molar-refractivity contribution in [1.29, 1.82) is 0 Å². The number of nitrogens with one attached hydrogen (secondary N) is 1. The second-order valence-corrected chi connectivity index (χ2v) is 12.4. The quantitative estimate of drug-likeness (QED) is 0.423. The highest BCUT2D eigenvalue weighted by molar-refractivity contribution is 5.89. The van der Waals surface area contributed by atoms with Crippen molar-refractivity contribution in [1.82, 2.24) is 4.90 Å². The number of rotatable bonds is 7. The van der Waals surface area contributed by atoms with E-state index in [-0.39, 0.29) is 23.0 Å². The van der Waals surface area contributed by atoms with Crippen molar-refractivity contribution in [3.8, 4) is 0 Å². The van der Waals surface area contributed by atoms with Gasteiger partial charge in [-0.05, 0) is 80.8 Å². The molecule has 3 saturated carbocycles. The van der Waals surface area contributed by atoms with E-state index in [1.54, 1.807) is 12.0 Å². The van der Waals surface area contributed by atoms with Gasteiger partial charge in [0.1, 0.15) is 0 Å². The highest BCUT2D eigenvalue weighted by Gasteiger charge is 2.62. The maximum absolute atomic E-state index is 13.4. The summed E-state index contributed by atoms with van der Waals surface area (Å²) in [4.78, 5) is 15.2. The number of urea groups is 1. The van der Waals surface area contributed by atoms with Crippen molar-refractivity contribution in [2.45, 2.75) is 76.9 Å². The van der Waals surface area contributed by atoms with Gasteiger partial charge in [-0.2, -0.15) is 0 Å². The first-order chi connectivity index (χ1) is 17.7. The summed E-state index contributed by atoms with van der Waals surface area (Å²) < 4.78 is 5.26. The SMILES string of the molecule is COCCCN(CC1(O)CCC2C3=CC=C4CC(O)CCC4(C)C3CCC21C)C(=O)Nc1ccccc1. The van der Waals surface area contributed by atoms with Crippen LogP contribution in [0.5, 0.6) is 0 Å². The predicted molar refractivity (Wildman–Crippen MR) is 146 cm³/mol. The molecule has 6 unspecified atom stereocenters. The number of ether oxygens (including phenoxy) is 1. The number of methoxy groups -OCH3 is 1. The molecule has 0 radical (unpaired) electrons. The van der Waals surface area contributed by atoms with Crippen molar-refractivity contribution >= 4 is 11.7 Å². The Morgan fingerprint density at radius 1 is 1.08 bits per heavy atom. The van der Waals surface area contributed by atoms with Gasteiger partial charge in [0.05, 0.1) is 18.2 Å². The maximum Gasteiger partial charge on any atom is 0.321 e. The third-order valence-electron chi connectivity index (χ3n) is 10.4. The average Bonchev–Trinajstić information content (AvgIpc) is 3.15. The lowest BCUT2D eigenvalue weighted by Crippen LogP contribution is -2.57. The number of hydrogen-bond donors (Lipinski definition) is 3. The molecule has 202 valence electrons. The van der Waals surface area contributed by atoms with Crippen molar-refractivity contribution in [3.63, 3.8) is 0 Å². The highest BCUT2D eigenvalue weighted by Crippen LogP contribution is 2.66. The van der Waals surface area contributed by atoms with E-state index in [9.17, 15) is 15.0 Å². The maximum atomic E-state index is 13.4. The number of aliphatic hydroxyl groups excluding tert-OH is 1. The molecule has 3 fully saturated rings. The van der Waals surface area contributed by atoms with Gasteiger partial charge < -0.3 is 25.2 Å². The van der Waals surface area contributed by atoms with E-state index in [2.05, 4.69) is 31.3 Å². The van der Waals surface area contributed by atoms with Gasteiger partial charge >= 0.3 is 6.03 Å². The number of carbonyl (C=O) groups excluding carboxylic acids is 1. The first-order valence-electron chi connectivity index (χ1n) is 14.1. The molecule has 3 N–H and O–H groups in total. The number of allylic oxidation sites excluding steroid dienone is 3. The van der Waals surface area contributed by atoms with Gasteiger partial charge in [-0.15, -0.1) is 0 Å². The summed E-state index contributed by atoms with van der Waals surface area (Å²) in [7, 11) is 1.67. The van der Waals surface area contributed by atoms with Gasteiger partial charge in [-0.1, -0.05) is 55.3 Å². The van der Waals surface area contributed by atoms with E-state index in [4.69, 9.17) is 4.74 Å². The fraction of sp³-hybridized carbons (Fsp3) is 0.645. The Morgan fingerprint density at radius 3 is 2.59 bits per heavy atom. The second kappa shape index (κ2) is 10.2. The lowest BCUT2D eigenvalue weighted by Gasteiger charge is -2.56. The van der Waals surface area contributed by atoms with Crippen molar-refractivity contribution in [2.75, 3.05) is 32.1 Å². The van der Waals surface area contributed by atoms with E-state index >= 15 is 0 Å². The molecule has 5 rings (SSSR count). The van der Waals surface area contributed by atoms with Crippen LogP contribution in [0.15, 0.2) is 53.6 Å². The van der Waals surface area contributed by atoms with E-state index in [0.29, 0.717) is 38.0 Å². The number of aliphatic hydroxyl groups is 2. The number of benzene rings is 1. The zero-order chi connectivity index (χ0) is 26.3. The van der Waals surface area contributed by atoms with E-state index < -0.39 is 5.60 Å². The number of carbonyl (C=O) groups is 1. The van der Waals surface area contributed by atoms with Crippen LogP contribution in [0, 0.1) is 22.7 Å². The smallest absolute Gasteiger partial charge is 0.321 e. The van der Waals surface area contributed by atoms with Crippen molar-refractivity contribution < 1.29 is 19.7 Å². The molecular weight excluding hydrogens is 464 g/mol. The summed E-state index contributed by atoms with van der Waals surface area (Å²) in [6, 6.07) is 9.34. The van der Waals surface area contributed by atoms with Crippen molar-refractivity contribution in [2.24, 2.45) is 22.7 Å². The molecule has 4 aliphatic rings. The zero-order valence-electron chi connectivity index (χ0n) is 22.7. The number of para-hydroxylation sites is 1. The molecule has 1 aromatic carbocycles. The molecule has 6 heteroatoms. The third-order valence-corrected chi connectivity index (χ3v) is 10.4. The van der Waals surface area contributed by atoms with Gasteiger partial charge in [0, 0.05) is 31.4 Å². The van der Waals surface area contributed by atoms with Crippen molar-refractivity contribution in [3.05, 3.63) is 53.6 Å². The summed E-state index contributed by atoms with van der Waals surface area (Å²) in [6.45, 7) is 6.09. The summed E-state index contributed by atoms with van der Waals surface area (Å²) in [5, 5.41) is 25.6. The molecule has 1 aromatic rings. The van der Waals surface area contributed by atoms with E-state index in [0.717, 1.165) is 50.6 Å². The van der Waals surface area contributed by atoms with Gasteiger partial charge in [-0.3, -0.25) is 0 Å². The van der Waals surface area contributed by atoms with Crippen LogP contribution >= 0.6 is 0 Å². The third kappa shape index (κ3) is 4.66. The van der Waals surface area contributed by atoms with Crippen LogP contribution in [-0.4, -0.2) is 59.7 Å². The molecule has 4 aliphatic carbocycles. The number of nitrogens with zero attached hydrogens (tertiary/aromatic N) is 1. The largest absolute Gasteiger partial charge is 0.393 e. The molecule has 0 bridgehead atoms. The molecule has 0 heterocycles. The molecule has 37 heavy (non-hydrogen) atoms. The fourth-order valence-electron chi connectivity index (χ4n) is 8.05. The minimum absolute atomic E-state index is 0.118. The summed E-state index contributed by atoms with van der Waals surface area (Å²) in [6.07, 6.45) is 11.4. The van der Waals surface area contributed by atoms with Crippen LogP contribution in [0.4, 0.5) is 10.5 Å². The van der Waals surface area contributed by atoms with Crippen LogP contribution in [0.25, 0.3) is 0 Å². The Bertz CT molecular complexity index is 1050. The van der Waals surface area contributed by atoms with Crippen LogP contribution in [0.1, 0.15) is 65.2 Å². The molecule has 0 aliphatic heterocycles. The molecule has 0 saturated heterocycles. The normalized spacial score (nSPS) is 36.5. The number of hydrogen-bond acceptors (Lipinski definition) is 4. The Morgan fingerprint density at radius 2 is 1.84 bits per heavy atom. The Kier molecular flexibility index (Phi) is 7.29. The molecule has 0 aromatic heterocycles. The summed E-state index contributed by atoms with van der Waals surface area (Å²) in [5.41, 5.74) is 2.54. The van der Waals surface area contributed by atoms with E-state index in [1.807, 2.05) is 30.3 Å². The second-order valence-electron chi connectivity index (χ2n) is 12.4. The van der Waals surface area contributed by atoms with Gasteiger partial charge in [0.15, 0.2) is 0 Å². The number of anilines is 1. The molecular formula is C31H44N2O4. The monoisotopic (exact) mass is 508 g/mol. The minimum atomic E-state index is -0.946. The molecule has 2 amide bonds. The Labute approximate surface area is 221 Å². The fourth-order valence-corrected chi connectivity index (χ4v) is 8.05. The van der Waals surface area contributed by atoms with Crippen LogP contribution in [0.2, 0.25) is 0 Å².